The molecule has 0 saturated carbocycles. The van der Waals surface area contributed by atoms with Gasteiger partial charge in [0.05, 0.1) is 0 Å². The summed E-state index contributed by atoms with van der Waals surface area (Å²) in [5.74, 6) is 0.529. The van der Waals surface area contributed by atoms with Gasteiger partial charge in [0.25, 0.3) is 0 Å². The van der Waals surface area contributed by atoms with Crippen LogP contribution in [0.3, 0.4) is 0 Å². The lowest BCUT2D eigenvalue weighted by Gasteiger charge is -2.08. The third kappa shape index (κ3) is 5.05. The molecule has 1 aromatic rings. The van der Waals surface area contributed by atoms with Crippen LogP contribution in [0, 0.1) is 0 Å². The highest BCUT2D eigenvalue weighted by Gasteiger charge is 1.94. The van der Waals surface area contributed by atoms with E-state index in [0.717, 1.165) is 13.0 Å². The largest absolute Gasteiger partial charge is 0.370 e. The second-order valence-electron chi connectivity index (χ2n) is 3.80. The highest BCUT2D eigenvalue weighted by Crippen LogP contribution is 1.99. The molecular weight excluding hydrogens is 186 g/mol. The molecule has 0 spiro atoms. The van der Waals surface area contributed by atoms with Crippen molar-refractivity contribution in [3.05, 3.63) is 35.9 Å². The molecule has 0 amide bonds. The van der Waals surface area contributed by atoms with E-state index < -0.39 is 0 Å². The molecule has 0 aliphatic rings. The smallest absolute Gasteiger partial charge is 0.188 e. The van der Waals surface area contributed by atoms with Gasteiger partial charge in [0, 0.05) is 12.6 Å². The molecule has 0 radical (unpaired) electrons. The fourth-order valence-electron chi connectivity index (χ4n) is 1.29. The van der Waals surface area contributed by atoms with E-state index >= 15 is 0 Å². The second-order valence-corrected chi connectivity index (χ2v) is 3.80. The minimum absolute atomic E-state index is 0.338. The lowest BCUT2D eigenvalue weighted by molar-refractivity contribution is 0.723. The quantitative estimate of drug-likeness (QED) is 0.578. The van der Waals surface area contributed by atoms with Crippen molar-refractivity contribution in [2.75, 3.05) is 6.54 Å². The minimum Gasteiger partial charge on any atom is -0.370 e. The maximum atomic E-state index is 5.68. The number of rotatable bonds is 4. The summed E-state index contributed by atoms with van der Waals surface area (Å²) in [7, 11) is 0. The van der Waals surface area contributed by atoms with Gasteiger partial charge >= 0.3 is 0 Å². The summed E-state index contributed by atoms with van der Waals surface area (Å²) in [4.78, 5) is 4.24. The molecule has 82 valence electrons. The van der Waals surface area contributed by atoms with Crippen molar-refractivity contribution in [3.8, 4) is 0 Å². The number of benzene rings is 1. The van der Waals surface area contributed by atoms with Crippen LogP contribution in [0.2, 0.25) is 0 Å². The maximum Gasteiger partial charge on any atom is 0.188 e. The van der Waals surface area contributed by atoms with Crippen LogP contribution in [0.25, 0.3) is 0 Å². The lowest BCUT2D eigenvalue weighted by Crippen LogP contribution is -2.36. The van der Waals surface area contributed by atoms with Crippen molar-refractivity contribution in [1.29, 1.82) is 0 Å². The summed E-state index contributed by atoms with van der Waals surface area (Å²) >= 11 is 0. The third-order valence-corrected chi connectivity index (χ3v) is 1.96. The molecule has 0 unspecified atom stereocenters. The summed E-state index contributed by atoms with van der Waals surface area (Å²) in [6.07, 6.45) is 0.932. The Morgan fingerprint density at radius 3 is 2.60 bits per heavy atom. The first-order chi connectivity index (χ1) is 7.18. The molecule has 0 saturated heterocycles. The Balaban J connectivity index is 2.32. The predicted molar refractivity (Wildman–Crippen MR) is 64.9 cm³/mol. The summed E-state index contributed by atoms with van der Waals surface area (Å²) in [5, 5.41) is 3.06. The number of hydrogen-bond acceptors (Lipinski definition) is 1. The summed E-state index contributed by atoms with van der Waals surface area (Å²) < 4.78 is 0. The number of hydrogen-bond donors (Lipinski definition) is 2. The van der Waals surface area contributed by atoms with Crippen molar-refractivity contribution in [2.45, 2.75) is 26.3 Å². The van der Waals surface area contributed by atoms with Crippen molar-refractivity contribution in [1.82, 2.24) is 5.32 Å². The van der Waals surface area contributed by atoms with Gasteiger partial charge in [-0.2, -0.15) is 0 Å². The molecule has 15 heavy (non-hydrogen) atoms. The molecule has 1 rings (SSSR count). The van der Waals surface area contributed by atoms with Crippen molar-refractivity contribution < 1.29 is 0 Å². The average Bonchev–Trinajstić information content (AvgIpc) is 2.18. The van der Waals surface area contributed by atoms with Gasteiger partial charge in [-0.25, -0.2) is 0 Å². The second kappa shape index (κ2) is 6.06. The van der Waals surface area contributed by atoms with Gasteiger partial charge in [-0.3, -0.25) is 4.99 Å². The summed E-state index contributed by atoms with van der Waals surface area (Å²) in [6.45, 7) is 4.81. The van der Waals surface area contributed by atoms with Crippen LogP contribution in [-0.4, -0.2) is 18.5 Å². The van der Waals surface area contributed by atoms with Gasteiger partial charge in [-0.1, -0.05) is 30.3 Å². The Hall–Kier alpha value is -1.51. The van der Waals surface area contributed by atoms with E-state index in [0.29, 0.717) is 12.0 Å². The van der Waals surface area contributed by atoms with Crippen LogP contribution in [0.15, 0.2) is 35.3 Å². The van der Waals surface area contributed by atoms with Crippen LogP contribution < -0.4 is 11.1 Å². The molecule has 0 atom stereocenters. The monoisotopic (exact) mass is 205 g/mol. The SMILES string of the molecule is CC(C)NC(N)=NCCc1ccccc1. The van der Waals surface area contributed by atoms with Crippen LogP contribution in [0.4, 0.5) is 0 Å². The van der Waals surface area contributed by atoms with Crippen molar-refractivity contribution in [2.24, 2.45) is 10.7 Å². The van der Waals surface area contributed by atoms with Gasteiger partial charge in [0.15, 0.2) is 5.96 Å². The molecule has 0 aliphatic heterocycles. The van der Waals surface area contributed by atoms with Crippen LogP contribution >= 0.6 is 0 Å². The lowest BCUT2D eigenvalue weighted by atomic mass is 10.2. The number of guanidine groups is 1. The van der Waals surface area contributed by atoms with Crippen LogP contribution in [0.1, 0.15) is 19.4 Å². The Bertz CT molecular complexity index is 304. The number of nitrogens with two attached hydrogens (primary N) is 1. The van der Waals surface area contributed by atoms with Crippen molar-refractivity contribution >= 4 is 5.96 Å². The zero-order valence-electron chi connectivity index (χ0n) is 9.40. The zero-order valence-corrected chi connectivity index (χ0v) is 9.40. The zero-order chi connectivity index (χ0) is 11.1. The van der Waals surface area contributed by atoms with E-state index in [-0.39, 0.29) is 0 Å². The molecule has 0 bridgehead atoms. The predicted octanol–water partition coefficient (Wildman–Crippen LogP) is 1.54. The fraction of sp³-hybridized carbons (Fsp3) is 0.417. The minimum atomic E-state index is 0.338. The highest BCUT2D eigenvalue weighted by atomic mass is 15.1. The van der Waals surface area contributed by atoms with E-state index in [1.165, 1.54) is 5.56 Å². The highest BCUT2D eigenvalue weighted by molar-refractivity contribution is 5.78. The molecule has 0 aliphatic carbocycles. The first-order valence-corrected chi connectivity index (χ1v) is 5.29. The molecule has 1 aromatic carbocycles. The first-order valence-electron chi connectivity index (χ1n) is 5.29. The van der Waals surface area contributed by atoms with E-state index in [1.807, 2.05) is 32.0 Å². The molecule has 3 nitrogen and oxygen atoms in total. The molecule has 3 heteroatoms. The normalized spacial score (nSPS) is 11.8. The van der Waals surface area contributed by atoms with Crippen LogP contribution in [0.5, 0.6) is 0 Å². The molecule has 0 aromatic heterocycles. The van der Waals surface area contributed by atoms with Gasteiger partial charge in [-0.15, -0.1) is 0 Å². The fourth-order valence-corrected chi connectivity index (χ4v) is 1.29. The van der Waals surface area contributed by atoms with Gasteiger partial charge in [0.2, 0.25) is 0 Å². The Kier molecular flexibility index (Phi) is 4.68. The molecular formula is C12H19N3. The Labute approximate surface area is 91.4 Å². The van der Waals surface area contributed by atoms with Crippen molar-refractivity contribution in [3.63, 3.8) is 0 Å². The average molecular weight is 205 g/mol. The third-order valence-electron chi connectivity index (χ3n) is 1.96. The van der Waals surface area contributed by atoms with E-state index in [4.69, 9.17) is 5.73 Å². The van der Waals surface area contributed by atoms with E-state index in [2.05, 4.69) is 22.4 Å². The van der Waals surface area contributed by atoms with Crippen LogP contribution in [-0.2, 0) is 6.42 Å². The Morgan fingerprint density at radius 1 is 1.33 bits per heavy atom. The van der Waals surface area contributed by atoms with Gasteiger partial charge in [-0.05, 0) is 25.8 Å². The summed E-state index contributed by atoms with van der Waals surface area (Å²) in [5.41, 5.74) is 6.97. The number of aliphatic imine (C=N–C) groups is 1. The Morgan fingerprint density at radius 2 is 2.00 bits per heavy atom. The number of nitrogens with one attached hydrogen (secondary N) is 1. The summed E-state index contributed by atoms with van der Waals surface area (Å²) in [6, 6.07) is 10.6. The molecule has 0 fully saturated rings. The number of nitrogens with zero attached hydrogens (tertiary/aromatic N) is 1. The maximum absolute atomic E-state index is 5.68. The topological polar surface area (TPSA) is 50.4 Å². The van der Waals surface area contributed by atoms with Gasteiger partial charge in [0.1, 0.15) is 0 Å². The standard InChI is InChI=1S/C12H19N3/c1-10(2)15-12(13)14-9-8-11-6-4-3-5-7-11/h3-7,10H,8-9H2,1-2H3,(H3,13,14,15). The van der Waals surface area contributed by atoms with E-state index in [1.54, 1.807) is 0 Å². The molecule has 3 N–H and O–H groups in total. The first kappa shape index (κ1) is 11.6. The van der Waals surface area contributed by atoms with E-state index in [9.17, 15) is 0 Å². The molecule has 0 heterocycles. The van der Waals surface area contributed by atoms with Gasteiger partial charge < -0.3 is 11.1 Å².